The van der Waals surface area contributed by atoms with Crippen molar-refractivity contribution >= 4 is 17.5 Å². The highest BCUT2D eigenvalue weighted by molar-refractivity contribution is 6.35. The maximum absolute atomic E-state index is 11.8. The van der Waals surface area contributed by atoms with Crippen molar-refractivity contribution in [3.63, 3.8) is 0 Å². The molecule has 0 aliphatic carbocycles. The number of rotatable bonds is 6. The summed E-state index contributed by atoms with van der Waals surface area (Å²) in [5.74, 6) is -0.263. The van der Waals surface area contributed by atoms with Crippen molar-refractivity contribution < 1.29 is 14.3 Å². The van der Waals surface area contributed by atoms with Crippen LogP contribution in [0.3, 0.4) is 0 Å². The third-order valence-corrected chi connectivity index (χ3v) is 4.44. The van der Waals surface area contributed by atoms with E-state index in [0.717, 1.165) is 44.9 Å². The molecule has 7 heteroatoms. The first kappa shape index (κ1) is 21.0. The second-order valence-electron chi connectivity index (χ2n) is 7.84. The van der Waals surface area contributed by atoms with E-state index in [2.05, 4.69) is 32.6 Å². The van der Waals surface area contributed by atoms with E-state index in [1.54, 1.807) is 7.11 Å². The molecule has 1 aliphatic rings. The van der Waals surface area contributed by atoms with Crippen molar-refractivity contribution in [1.29, 1.82) is 0 Å². The van der Waals surface area contributed by atoms with E-state index in [1.807, 2.05) is 32.9 Å². The Morgan fingerprint density at radius 3 is 2.22 bits per heavy atom. The summed E-state index contributed by atoms with van der Waals surface area (Å²) in [6.45, 7) is 10.9. The van der Waals surface area contributed by atoms with Gasteiger partial charge in [-0.25, -0.2) is 0 Å². The maximum Gasteiger partial charge on any atom is 0.309 e. The van der Waals surface area contributed by atoms with E-state index in [9.17, 15) is 9.59 Å². The van der Waals surface area contributed by atoms with Crippen LogP contribution in [0.4, 0.5) is 5.69 Å². The lowest BCUT2D eigenvalue weighted by Crippen LogP contribution is -2.49. The third kappa shape index (κ3) is 7.09. The molecule has 7 nitrogen and oxygen atoms in total. The van der Waals surface area contributed by atoms with E-state index >= 15 is 0 Å². The van der Waals surface area contributed by atoms with Crippen molar-refractivity contribution in [3.8, 4) is 5.75 Å². The molecule has 0 saturated carbocycles. The molecule has 0 atom stereocenters. The van der Waals surface area contributed by atoms with Crippen LogP contribution < -0.4 is 20.3 Å². The summed E-state index contributed by atoms with van der Waals surface area (Å²) in [4.78, 5) is 28.2. The van der Waals surface area contributed by atoms with Crippen LogP contribution in [-0.4, -0.2) is 68.6 Å². The lowest BCUT2D eigenvalue weighted by molar-refractivity contribution is -0.140. The van der Waals surface area contributed by atoms with Crippen molar-refractivity contribution in [2.45, 2.75) is 32.7 Å². The first-order chi connectivity index (χ1) is 12.8. The van der Waals surface area contributed by atoms with Gasteiger partial charge < -0.3 is 20.3 Å². The highest BCUT2D eigenvalue weighted by atomic mass is 16.5. The minimum absolute atomic E-state index is 0.405. The van der Waals surface area contributed by atoms with Crippen LogP contribution in [-0.2, 0) is 9.59 Å². The van der Waals surface area contributed by atoms with Gasteiger partial charge in [0, 0.05) is 44.0 Å². The molecule has 1 aromatic rings. The van der Waals surface area contributed by atoms with Crippen LogP contribution in [0.25, 0.3) is 0 Å². The summed E-state index contributed by atoms with van der Waals surface area (Å²) in [7, 11) is 1.67. The van der Waals surface area contributed by atoms with Crippen molar-refractivity contribution in [2.24, 2.45) is 0 Å². The van der Waals surface area contributed by atoms with E-state index in [1.165, 1.54) is 5.69 Å². The molecule has 27 heavy (non-hydrogen) atoms. The van der Waals surface area contributed by atoms with Gasteiger partial charge in [-0.15, -0.1) is 0 Å². The molecule has 0 spiro atoms. The number of amides is 2. The van der Waals surface area contributed by atoms with Crippen LogP contribution in [0.5, 0.6) is 5.75 Å². The quantitative estimate of drug-likeness (QED) is 0.577. The average molecular weight is 377 g/mol. The fraction of sp³-hybridized carbons (Fsp3) is 0.600. The zero-order valence-corrected chi connectivity index (χ0v) is 16.9. The third-order valence-electron chi connectivity index (χ3n) is 4.44. The molecule has 1 heterocycles. The van der Waals surface area contributed by atoms with Gasteiger partial charge in [-0.1, -0.05) is 0 Å². The lowest BCUT2D eigenvalue weighted by Gasteiger charge is -2.36. The van der Waals surface area contributed by atoms with Crippen LogP contribution in [0.15, 0.2) is 24.3 Å². The van der Waals surface area contributed by atoms with E-state index in [-0.39, 0.29) is 0 Å². The van der Waals surface area contributed by atoms with Gasteiger partial charge in [-0.2, -0.15) is 0 Å². The minimum Gasteiger partial charge on any atom is -0.497 e. The van der Waals surface area contributed by atoms with Gasteiger partial charge in [0.15, 0.2) is 0 Å². The fourth-order valence-corrected chi connectivity index (χ4v) is 3.00. The van der Waals surface area contributed by atoms with Crippen LogP contribution in [0.1, 0.15) is 27.2 Å². The second-order valence-corrected chi connectivity index (χ2v) is 7.84. The first-order valence-electron chi connectivity index (χ1n) is 9.50. The molecule has 2 amide bonds. The SMILES string of the molecule is COc1ccc(N2CCN(CCCNC(=O)C(=O)NC(C)(C)C)CC2)cc1. The molecular formula is C20H32N4O3. The second kappa shape index (κ2) is 9.60. The topological polar surface area (TPSA) is 73.9 Å². The molecule has 2 rings (SSSR count). The number of benzene rings is 1. The van der Waals surface area contributed by atoms with Crippen molar-refractivity contribution in [2.75, 3.05) is 51.3 Å². The monoisotopic (exact) mass is 376 g/mol. The molecular weight excluding hydrogens is 344 g/mol. The predicted molar refractivity (Wildman–Crippen MR) is 107 cm³/mol. The molecule has 1 fully saturated rings. The zero-order chi connectivity index (χ0) is 19.9. The molecule has 2 N–H and O–H groups in total. The Morgan fingerprint density at radius 2 is 1.67 bits per heavy atom. The number of nitrogens with one attached hydrogen (secondary N) is 2. The summed E-state index contributed by atoms with van der Waals surface area (Å²) in [5, 5.41) is 5.35. The number of methoxy groups -OCH3 is 1. The number of piperazine rings is 1. The van der Waals surface area contributed by atoms with Crippen LogP contribution in [0.2, 0.25) is 0 Å². The fourth-order valence-electron chi connectivity index (χ4n) is 3.00. The van der Waals surface area contributed by atoms with Gasteiger partial charge in [0.05, 0.1) is 7.11 Å². The Bertz CT molecular complexity index is 617. The Balaban J connectivity index is 1.63. The van der Waals surface area contributed by atoms with Crippen molar-refractivity contribution in [1.82, 2.24) is 15.5 Å². The summed E-state index contributed by atoms with van der Waals surface area (Å²) in [5.41, 5.74) is 0.811. The van der Waals surface area contributed by atoms with Gasteiger partial charge in [-0.05, 0) is 58.0 Å². The van der Waals surface area contributed by atoms with E-state index in [0.29, 0.717) is 6.54 Å². The smallest absolute Gasteiger partial charge is 0.309 e. The van der Waals surface area contributed by atoms with Gasteiger partial charge >= 0.3 is 11.8 Å². The number of hydrogen-bond donors (Lipinski definition) is 2. The molecule has 0 radical (unpaired) electrons. The molecule has 1 saturated heterocycles. The zero-order valence-electron chi connectivity index (χ0n) is 16.9. The van der Waals surface area contributed by atoms with Crippen LogP contribution >= 0.6 is 0 Å². The number of anilines is 1. The Hall–Kier alpha value is -2.28. The predicted octanol–water partition coefficient (Wildman–Crippen LogP) is 1.24. The summed E-state index contributed by atoms with van der Waals surface area (Å²) in [6, 6.07) is 8.15. The Labute approximate surface area is 162 Å². The molecule has 0 unspecified atom stereocenters. The van der Waals surface area contributed by atoms with Crippen molar-refractivity contribution in [3.05, 3.63) is 24.3 Å². The van der Waals surface area contributed by atoms with Gasteiger partial charge in [0.2, 0.25) is 0 Å². The highest BCUT2D eigenvalue weighted by Gasteiger charge is 2.20. The summed E-state index contributed by atoms with van der Waals surface area (Å²) >= 11 is 0. The van der Waals surface area contributed by atoms with Gasteiger partial charge in [0.1, 0.15) is 5.75 Å². The average Bonchev–Trinajstić information content (AvgIpc) is 2.64. The normalized spacial score (nSPS) is 15.3. The van der Waals surface area contributed by atoms with Crippen LogP contribution in [0, 0.1) is 0 Å². The van der Waals surface area contributed by atoms with E-state index in [4.69, 9.17) is 4.74 Å². The summed E-state index contributed by atoms with van der Waals surface area (Å²) in [6.07, 6.45) is 0.830. The maximum atomic E-state index is 11.8. The number of carbonyl (C=O) groups is 2. The highest BCUT2D eigenvalue weighted by Crippen LogP contribution is 2.20. The molecule has 0 aromatic heterocycles. The standard InChI is InChI=1S/C20H32N4O3/c1-20(2,3)22-19(26)18(25)21-10-5-11-23-12-14-24(15-13-23)16-6-8-17(27-4)9-7-16/h6-9H,5,10-15H2,1-4H3,(H,21,25)(H,22,26). The number of ether oxygens (including phenoxy) is 1. The largest absolute Gasteiger partial charge is 0.497 e. The lowest BCUT2D eigenvalue weighted by atomic mass is 10.1. The number of carbonyl (C=O) groups excluding carboxylic acids is 2. The van der Waals surface area contributed by atoms with E-state index < -0.39 is 17.4 Å². The first-order valence-corrected chi connectivity index (χ1v) is 9.50. The Kier molecular flexibility index (Phi) is 7.47. The minimum atomic E-state index is -0.574. The van der Waals surface area contributed by atoms with Gasteiger partial charge in [0.25, 0.3) is 0 Å². The number of nitrogens with zero attached hydrogens (tertiary/aromatic N) is 2. The molecule has 0 bridgehead atoms. The molecule has 1 aliphatic heterocycles. The van der Waals surface area contributed by atoms with Gasteiger partial charge in [-0.3, -0.25) is 14.5 Å². The summed E-state index contributed by atoms with van der Waals surface area (Å²) < 4.78 is 5.20. The molecule has 1 aromatic carbocycles. The number of hydrogen-bond acceptors (Lipinski definition) is 5. The molecule has 150 valence electrons. The Morgan fingerprint density at radius 1 is 1.04 bits per heavy atom.